The Kier molecular flexibility index (Phi) is 12.1. The van der Waals surface area contributed by atoms with Gasteiger partial charge in [0, 0.05) is 0 Å². The standard InChI is InChI=1S/C9H11O.3C4H9.Sn/c1-10-8-7-9-5-3-2-4-6-9;3*1-3-4-2;/h2-6H,1,7-8H2;3*1,3-4H2,2H3;. The van der Waals surface area contributed by atoms with Gasteiger partial charge in [0.2, 0.25) is 0 Å². The fourth-order valence-electron chi connectivity index (χ4n) is 3.37. The predicted octanol–water partition coefficient (Wildman–Crippen LogP) is 6.63. The van der Waals surface area contributed by atoms with Crippen LogP contribution in [0.3, 0.4) is 0 Å². The fourth-order valence-corrected chi connectivity index (χ4v) is 17.8. The molecule has 0 heterocycles. The van der Waals surface area contributed by atoms with Gasteiger partial charge in [-0.15, -0.1) is 0 Å². The van der Waals surface area contributed by atoms with Crippen molar-refractivity contribution in [2.24, 2.45) is 0 Å². The molecule has 0 aliphatic heterocycles. The Bertz CT molecular complexity index is 355. The molecule has 0 saturated carbocycles. The van der Waals surface area contributed by atoms with E-state index in [-0.39, 0.29) is 0 Å². The third-order valence-corrected chi connectivity index (χ3v) is 19.4. The van der Waals surface area contributed by atoms with Gasteiger partial charge in [0.1, 0.15) is 0 Å². The molecule has 0 spiro atoms. The van der Waals surface area contributed by atoms with Crippen LogP contribution >= 0.6 is 0 Å². The van der Waals surface area contributed by atoms with Crippen molar-refractivity contribution in [1.29, 1.82) is 0 Å². The second kappa shape index (κ2) is 13.3. The van der Waals surface area contributed by atoms with E-state index in [0.717, 1.165) is 13.0 Å². The molecule has 132 valence electrons. The van der Waals surface area contributed by atoms with E-state index in [1.54, 1.807) is 13.3 Å². The zero-order valence-corrected chi connectivity index (χ0v) is 18.6. The first kappa shape index (κ1) is 21.0. The van der Waals surface area contributed by atoms with E-state index in [9.17, 15) is 0 Å². The molecule has 1 rings (SSSR count). The van der Waals surface area contributed by atoms with Crippen molar-refractivity contribution < 1.29 is 4.74 Å². The number of ether oxygens (including phenoxy) is 1. The molecule has 0 aliphatic rings. The van der Waals surface area contributed by atoms with Gasteiger partial charge in [-0.3, -0.25) is 0 Å². The summed E-state index contributed by atoms with van der Waals surface area (Å²) in [7, 11) is 0. The first-order valence-corrected chi connectivity index (χ1v) is 17.9. The summed E-state index contributed by atoms with van der Waals surface area (Å²) in [6.45, 7) is 7.93. The van der Waals surface area contributed by atoms with Gasteiger partial charge in [0.15, 0.2) is 0 Å². The molecule has 0 radical (unpaired) electrons. The van der Waals surface area contributed by atoms with Crippen molar-refractivity contribution in [2.45, 2.75) is 79.0 Å². The monoisotopic (exact) mass is 426 g/mol. The molecule has 0 saturated heterocycles. The van der Waals surface area contributed by atoms with Crippen LogP contribution in [0.1, 0.15) is 64.9 Å². The van der Waals surface area contributed by atoms with E-state index in [0.29, 0.717) is 0 Å². The van der Waals surface area contributed by atoms with Gasteiger partial charge < -0.3 is 0 Å². The predicted molar refractivity (Wildman–Crippen MR) is 106 cm³/mol. The van der Waals surface area contributed by atoms with E-state index in [1.165, 1.54) is 48.7 Å². The van der Waals surface area contributed by atoms with Gasteiger partial charge in [-0.2, -0.15) is 0 Å². The van der Waals surface area contributed by atoms with Gasteiger partial charge >= 0.3 is 149 Å². The second-order valence-electron chi connectivity index (χ2n) is 7.10. The van der Waals surface area contributed by atoms with Crippen molar-refractivity contribution in [3.63, 3.8) is 0 Å². The Labute approximate surface area is 149 Å². The van der Waals surface area contributed by atoms with E-state index in [1.807, 2.05) is 0 Å². The zero-order valence-electron chi connectivity index (χ0n) is 15.8. The van der Waals surface area contributed by atoms with Gasteiger partial charge in [-0.1, -0.05) is 0 Å². The molecule has 0 unspecified atom stereocenters. The van der Waals surface area contributed by atoms with Crippen molar-refractivity contribution in [2.75, 3.05) is 11.2 Å². The Morgan fingerprint density at radius 1 is 0.783 bits per heavy atom. The summed E-state index contributed by atoms with van der Waals surface area (Å²) in [5, 5.41) is 0. The third kappa shape index (κ3) is 9.14. The molecule has 23 heavy (non-hydrogen) atoms. The summed E-state index contributed by atoms with van der Waals surface area (Å²) in [6.07, 6.45) is 9.42. The van der Waals surface area contributed by atoms with Gasteiger partial charge in [0.25, 0.3) is 0 Å². The molecule has 0 aliphatic carbocycles. The Hall–Kier alpha value is -0.0213. The van der Waals surface area contributed by atoms with Crippen LogP contribution in [0.15, 0.2) is 30.3 Å². The molecule has 0 N–H and O–H groups in total. The second-order valence-corrected chi connectivity index (χ2v) is 20.8. The molecule has 0 atom stereocenters. The first-order chi connectivity index (χ1) is 11.3. The zero-order chi connectivity index (χ0) is 16.8. The number of rotatable bonds is 14. The van der Waals surface area contributed by atoms with Crippen LogP contribution in [0.25, 0.3) is 0 Å². The van der Waals surface area contributed by atoms with E-state index in [2.05, 4.69) is 51.1 Å². The van der Waals surface area contributed by atoms with Crippen LogP contribution in [-0.2, 0) is 11.2 Å². The number of hydrogen-bond donors (Lipinski definition) is 0. The molecular formula is C21H38OSn. The van der Waals surface area contributed by atoms with Crippen molar-refractivity contribution in [3.8, 4) is 0 Å². The molecule has 1 nitrogen and oxygen atoms in total. The molecular weight excluding hydrogens is 387 g/mol. The topological polar surface area (TPSA) is 9.23 Å². The average Bonchev–Trinajstić information content (AvgIpc) is 2.60. The molecule has 1 aromatic carbocycles. The van der Waals surface area contributed by atoms with Crippen molar-refractivity contribution >= 4 is 18.4 Å². The molecule has 1 aromatic rings. The van der Waals surface area contributed by atoms with E-state index < -0.39 is 18.4 Å². The third-order valence-electron chi connectivity index (χ3n) is 4.97. The van der Waals surface area contributed by atoms with Gasteiger partial charge in [-0.05, 0) is 0 Å². The van der Waals surface area contributed by atoms with Crippen molar-refractivity contribution in [1.82, 2.24) is 0 Å². The SMILES string of the molecule is CCC[CH2][Sn]([CH2]CCC)([CH2]CCC)[CH2]OCCc1ccccc1. The van der Waals surface area contributed by atoms with E-state index >= 15 is 0 Å². The summed E-state index contributed by atoms with van der Waals surface area (Å²) in [5.74, 6) is 0. The fraction of sp³-hybridized carbons (Fsp3) is 0.714. The number of hydrogen-bond acceptors (Lipinski definition) is 1. The Morgan fingerprint density at radius 2 is 1.30 bits per heavy atom. The molecule has 0 bridgehead atoms. The molecule has 0 aromatic heterocycles. The van der Waals surface area contributed by atoms with Crippen molar-refractivity contribution in [3.05, 3.63) is 35.9 Å². The van der Waals surface area contributed by atoms with Gasteiger partial charge in [0.05, 0.1) is 0 Å². The first-order valence-electron chi connectivity index (χ1n) is 9.88. The number of unbranched alkanes of at least 4 members (excludes halogenated alkanes) is 3. The van der Waals surface area contributed by atoms with Gasteiger partial charge in [-0.25, -0.2) is 0 Å². The van der Waals surface area contributed by atoms with Crippen LogP contribution in [0.4, 0.5) is 0 Å². The Balaban J connectivity index is 2.50. The van der Waals surface area contributed by atoms with Crippen LogP contribution in [0, 0.1) is 0 Å². The molecule has 0 amide bonds. The number of benzene rings is 1. The van der Waals surface area contributed by atoms with Crippen LogP contribution in [0.2, 0.25) is 13.3 Å². The molecule has 2 heteroatoms. The summed E-state index contributed by atoms with van der Waals surface area (Å²) in [6, 6.07) is 10.8. The minimum atomic E-state index is -2.06. The quantitative estimate of drug-likeness (QED) is 0.240. The van der Waals surface area contributed by atoms with E-state index in [4.69, 9.17) is 4.74 Å². The Morgan fingerprint density at radius 3 is 1.78 bits per heavy atom. The maximum atomic E-state index is 6.29. The summed E-state index contributed by atoms with van der Waals surface area (Å²) < 4.78 is 12.1. The normalized spacial score (nSPS) is 11.8. The van der Waals surface area contributed by atoms with Crippen LogP contribution in [0.5, 0.6) is 0 Å². The van der Waals surface area contributed by atoms with Crippen LogP contribution in [-0.4, -0.2) is 29.6 Å². The average molecular weight is 425 g/mol. The van der Waals surface area contributed by atoms with Crippen LogP contribution < -0.4 is 0 Å². The summed E-state index contributed by atoms with van der Waals surface area (Å²) in [4.78, 5) is 0. The maximum absolute atomic E-state index is 6.29. The molecule has 0 fully saturated rings. The minimum absolute atomic E-state index is 0.910. The summed E-state index contributed by atoms with van der Waals surface area (Å²) >= 11 is -2.06. The summed E-state index contributed by atoms with van der Waals surface area (Å²) in [5.41, 5.74) is 1.41.